The van der Waals surface area contributed by atoms with Gasteiger partial charge in [-0.3, -0.25) is 4.90 Å². The van der Waals surface area contributed by atoms with E-state index < -0.39 is 11.3 Å². The fourth-order valence-corrected chi connectivity index (χ4v) is 20.7. The van der Waals surface area contributed by atoms with Crippen LogP contribution < -0.4 is 18.9 Å². The Morgan fingerprint density at radius 1 is 0.476 bits per heavy atom. The molecule has 17 heteroatoms. The first kappa shape index (κ1) is 77.3. The van der Waals surface area contributed by atoms with Crippen molar-refractivity contribution in [3.05, 3.63) is 141 Å². The molecule has 5 saturated heterocycles. The van der Waals surface area contributed by atoms with Gasteiger partial charge in [-0.25, -0.2) is 22.4 Å². The molecule has 103 heavy (non-hydrogen) atoms. The smallest absolute Gasteiger partial charge is 0.409 e. The monoisotopic (exact) mass is 1460 g/mol. The van der Waals surface area contributed by atoms with Crippen molar-refractivity contribution in [1.29, 1.82) is 0 Å². The average molecular weight is 1460 g/mol. The minimum atomic E-state index is -1.33. The number of benzene rings is 5. The number of hydrogen-bond donors (Lipinski definition) is 0. The molecule has 5 aromatic carbocycles. The van der Waals surface area contributed by atoms with E-state index in [1.807, 2.05) is 30.0 Å². The summed E-state index contributed by atoms with van der Waals surface area (Å²) >= 11 is 12.2. The number of piperidine rings is 5. The Balaban J connectivity index is 0.000000130. The molecule has 564 valence electrons. The number of carbonyl (C=O) groups excluding carboxylic acids is 1. The quantitative estimate of drug-likeness (QED) is 0.0840. The third-order valence-corrected chi connectivity index (χ3v) is 26.5. The van der Waals surface area contributed by atoms with Gasteiger partial charge in [-0.1, -0.05) is 80.1 Å². The Hall–Kier alpha value is -5.29. The van der Waals surface area contributed by atoms with E-state index in [9.17, 15) is 13.6 Å². The predicted octanol–water partition coefficient (Wildman–Crippen LogP) is 20.5. The maximum atomic E-state index is 15.7. The molecule has 10 aliphatic rings. The molecule has 4 bridgehead atoms. The number of methoxy groups -OCH3 is 4. The number of rotatable bonds is 17. The van der Waals surface area contributed by atoms with E-state index in [1.165, 1.54) is 140 Å². The summed E-state index contributed by atoms with van der Waals surface area (Å²) < 4.78 is 85.3. The van der Waals surface area contributed by atoms with Crippen molar-refractivity contribution in [2.45, 2.75) is 209 Å². The van der Waals surface area contributed by atoms with Gasteiger partial charge in [-0.05, 0) is 298 Å². The second kappa shape index (κ2) is 36.1. The van der Waals surface area contributed by atoms with Gasteiger partial charge in [0.25, 0.3) is 0 Å². The highest BCUT2D eigenvalue weighted by Crippen LogP contribution is 2.52. The molecule has 5 aromatic rings. The zero-order valence-corrected chi connectivity index (χ0v) is 64.0. The first-order chi connectivity index (χ1) is 49.9. The Morgan fingerprint density at radius 2 is 0.990 bits per heavy atom. The third kappa shape index (κ3) is 19.2. The Kier molecular flexibility index (Phi) is 27.1. The van der Waals surface area contributed by atoms with Crippen LogP contribution in [0.25, 0.3) is 11.1 Å². The lowest BCUT2D eigenvalue weighted by molar-refractivity contribution is 0.0209. The van der Waals surface area contributed by atoms with Gasteiger partial charge in [0.2, 0.25) is 0 Å². The first-order valence-electron chi connectivity index (χ1n) is 39.7. The molecule has 5 aliphatic heterocycles. The number of halogens is 6. The average Bonchev–Trinajstić information content (AvgIpc) is 1.70. The van der Waals surface area contributed by atoms with E-state index in [0.29, 0.717) is 101 Å². The van der Waals surface area contributed by atoms with Crippen LogP contribution in [0.3, 0.4) is 0 Å². The van der Waals surface area contributed by atoms with Gasteiger partial charge < -0.3 is 43.3 Å². The first-order valence-corrected chi connectivity index (χ1v) is 40.4. The molecule has 5 aliphatic carbocycles. The fourth-order valence-electron chi connectivity index (χ4n) is 20.3. The highest BCUT2D eigenvalue weighted by Gasteiger charge is 2.48. The number of carbonyl (C=O) groups is 1. The summed E-state index contributed by atoms with van der Waals surface area (Å²) in [4.78, 5) is 24.0. The highest BCUT2D eigenvalue weighted by molar-refractivity contribution is 6.31. The number of likely N-dealkylation sites (tertiary alicyclic amines) is 5. The van der Waals surface area contributed by atoms with Crippen molar-refractivity contribution >= 4 is 29.3 Å². The van der Waals surface area contributed by atoms with E-state index in [2.05, 4.69) is 38.7 Å². The highest BCUT2D eigenvalue weighted by atomic mass is 35.5. The normalized spacial score (nSPS) is 26.8. The Bertz CT molecular complexity index is 3520. The summed E-state index contributed by atoms with van der Waals surface area (Å²) in [6, 6.07) is 30.9. The van der Waals surface area contributed by atoms with Gasteiger partial charge >= 0.3 is 6.09 Å². The maximum absolute atomic E-state index is 15.7. The fraction of sp³-hybridized carbons (Fsp3) is 0.640. The van der Waals surface area contributed by atoms with Crippen LogP contribution >= 0.6 is 23.2 Å². The van der Waals surface area contributed by atoms with Crippen molar-refractivity contribution in [2.75, 3.05) is 107 Å². The second-order valence-electron chi connectivity index (χ2n) is 32.0. The zero-order valence-electron chi connectivity index (χ0n) is 62.5. The van der Waals surface area contributed by atoms with Gasteiger partial charge in [0.1, 0.15) is 46.0 Å². The van der Waals surface area contributed by atoms with E-state index in [0.717, 1.165) is 143 Å². The van der Waals surface area contributed by atoms with Gasteiger partial charge in [0.15, 0.2) is 0 Å². The van der Waals surface area contributed by atoms with E-state index in [4.69, 9.17) is 46.9 Å². The summed E-state index contributed by atoms with van der Waals surface area (Å²) in [5, 5.41) is 1.15. The van der Waals surface area contributed by atoms with Crippen LogP contribution in [0, 0.1) is 47.1 Å². The molecular formula is C86H117Cl2F4N5O6. The number of ether oxygens (including phenoxy) is 5. The summed E-state index contributed by atoms with van der Waals surface area (Å²) in [7, 11) is 6.56. The van der Waals surface area contributed by atoms with Crippen LogP contribution in [0.5, 0.6) is 23.0 Å². The molecule has 0 N–H and O–H groups in total. The summed E-state index contributed by atoms with van der Waals surface area (Å²) in [5.41, 5.74) is 3.03. The van der Waals surface area contributed by atoms with Crippen molar-refractivity contribution < 1.29 is 46.0 Å². The predicted molar refractivity (Wildman–Crippen MR) is 407 cm³/mol. The van der Waals surface area contributed by atoms with Crippen LogP contribution in [0.4, 0.5) is 22.4 Å². The van der Waals surface area contributed by atoms with Crippen molar-refractivity contribution in [1.82, 2.24) is 24.5 Å². The SMILES string of the molecule is CCCC1CCC(N2CCC(F)(c3cc(Cl)ccc3OC)CC2)CC1.CCOC(=O)N1CCC(CN2CCC(c3ccc(F)cc3OC)CC2)CC1.COc1ccc(-c2cccc(F)c2)cc1C1CCN([C@@H]2C[C@H]3CCC2C3)CC1.COc1ccc(Cl)cc1C1(F)CCN([C@H]2C[C@H]3CCC2C3)CC1. The molecular weight excluding hydrogens is 1350 g/mol. The van der Waals surface area contributed by atoms with Crippen LogP contribution in [-0.4, -0.2) is 156 Å². The zero-order chi connectivity index (χ0) is 72.2. The van der Waals surface area contributed by atoms with Gasteiger partial charge in [0.05, 0.1) is 35.0 Å². The third-order valence-electron chi connectivity index (χ3n) is 26.1. The Morgan fingerprint density at radius 3 is 1.50 bits per heavy atom. The summed E-state index contributed by atoms with van der Waals surface area (Å²) in [5.74, 6) is 8.74. The maximum Gasteiger partial charge on any atom is 0.409 e. The number of alkyl halides is 2. The van der Waals surface area contributed by atoms with Crippen LogP contribution in [-0.2, 0) is 16.1 Å². The topological polar surface area (TPSA) is 79.4 Å². The lowest BCUT2D eigenvalue weighted by Crippen LogP contribution is -2.47. The van der Waals surface area contributed by atoms with Crippen LogP contribution in [0.15, 0.2) is 97.1 Å². The molecule has 5 heterocycles. The summed E-state index contributed by atoms with van der Waals surface area (Å²) in [6.07, 6.45) is 27.9. The molecule has 0 spiro atoms. The molecule has 11 nitrogen and oxygen atoms in total. The second-order valence-corrected chi connectivity index (χ2v) is 32.9. The number of amides is 1. The molecule has 1 amide bonds. The van der Waals surface area contributed by atoms with E-state index in [-0.39, 0.29) is 17.7 Å². The van der Waals surface area contributed by atoms with Crippen molar-refractivity contribution in [2.24, 2.45) is 35.5 Å². The van der Waals surface area contributed by atoms with E-state index in [1.54, 1.807) is 77.0 Å². The number of nitrogens with zero attached hydrogens (tertiary/aromatic N) is 5. The van der Waals surface area contributed by atoms with Crippen molar-refractivity contribution in [3.63, 3.8) is 0 Å². The molecule has 0 aromatic heterocycles. The Labute approximate surface area is 623 Å². The van der Waals surface area contributed by atoms with Crippen LogP contribution in [0.1, 0.15) is 202 Å². The lowest BCUT2D eigenvalue weighted by Gasteiger charge is -2.43. The van der Waals surface area contributed by atoms with Gasteiger partial charge in [-0.2, -0.15) is 0 Å². The van der Waals surface area contributed by atoms with Crippen LogP contribution in [0.2, 0.25) is 10.0 Å². The molecule has 10 fully saturated rings. The van der Waals surface area contributed by atoms with Gasteiger partial charge in [0, 0.05) is 91.2 Å². The molecule has 5 saturated carbocycles. The largest absolute Gasteiger partial charge is 0.496 e. The molecule has 6 atom stereocenters. The number of hydrogen-bond acceptors (Lipinski definition) is 10. The summed E-state index contributed by atoms with van der Waals surface area (Å²) in [6.45, 7) is 15.1. The molecule has 2 unspecified atom stereocenters. The molecule has 0 radical (unpaired) electrons. The number of fused-ring (bicyclic) bond motifs is 4. The molecule has 15 rings (SSSR count). The lowest BCUT2D eigenvalue weighted by atomic mass is 9.80. The minimum absolute atomic E-state index is 0.176. The van der Waals surface area contributed by atoms with Gasteiger partial charge in [-0.15, -0.1) is 0 Å². The minimum Gasteiger partial charge on any atom is -0.496 e. The standard InChI is InChI=1S/C25H30FNO.C21H31ClFNO.C21H31FN2O3.C19H25ClFNO/c1-28-25-8-7-20(19-3-2-4-22(26)15-19)16-23(25)18-9-11-27(12-10-18)24-14-17-5-6-21(24)13-17;1-3-4-16-5-8-18(9-6-16)24-13-11-21(23,12-14-24)19-15-17(22)7-10-20(19)25-2;1-3-27-21(25)24-12-6-16(7-13-24)15-23-10-8-17(9-11-23)19-5-4-18(22)14-20(19)26-2;1-23-18-5-4-15(20)12-16(18)19(21)6-8-22(9-7-19)17-11-13-2-3-14(17)10-13/h2-4,7-8,15-18,21,24H,5-6,9-14H2,1H3;7,10,15-16,18H,3-6,8-9,11-14H2,1-2H3;4-5,14,16-17H,3,6-13,15H2,1-2H3;4-5,12-14,17H,2-3,6-11H2,1H3/t17-,21?,24+;;;13-,14?,17-/m0..0/s1. The van der Waals surface area contributed by atoms with Crippen molar-refractivity contribution in [3.8, 4) is 34.1 Å². The van der Waals surface area contributed by atoms with E-state index >= 15 is 8.78 Å².